The summed E-state index contributed by atoms with van der Waals surface area (Å²) in [5, 5.41) is 7.01. The van der Waals surface area contributed by atoms with E-state index in [0.29, 0.717) is 31.0 Å². The van der Waals surface area contributed by atoms with Gasteiger partial charge in [0.1, 0.15) is 5.60 Å². The first-order valence-corrected chi connectivity index (χ1v) is 9.54. The maximum Gasteiger partial charge on any atom is 0.410 e. The summed E-state index contributed by atoms with van der Waals surface area (Å²) in [5.74, 6) is 0.914. The third-order valence-corrected chi connectivity index (χ3v) is 4.51. The van der Waals surface area contributed by atoms with E-state index < -0.39 is 5.60 Å². The first-order valence-electron chi connectivity index (χ1n) is 9.54. The highest BCUT2D eigenvalue weighted by molar-refractivity contribution is 5.90. The van der Waals surface area contributed by atoms with Gasteiger partial charge in [0.25, 0.3) is 0 Å². The molecule has 1 aliphatic rings. The van der Waals surface area contributed by atoms with Crippen LogP contribution in [0.2, 0.25) is 0 Å². The highest BCUT2D eigenvalue weighted by atomic mass is 16.6. The van der Waals surface area contributed by atoms with Crippen LogP contribution in [0.4, 0.5) is 10.5 Å². The summed E-state index contributed by atoms with van der Waals surface area (Å²) >= 11 is 0. The van der Waals surface area contributed by atoms with Gasteiger partial charge in [-0.05, 0) is 57.7 Å². The molecule has 3 heterocycles. The van der Waals surface area contributed by atoms with Crippen molar-refractivity contribution < 1.29 is 14.3 Å². The zero-order chi connectivity index (χ0) is 20.1. The SMILES string of the molecule is CC(C)(C)OC(=O)N1CCC(CC(=O)Nc2ccc(-n3cccn3)nc2)CC1. The van der Waals surface area contributed by atoms with Crippen molar-refractivity contribution in [1.82, 2.24) is 19.7 Å². The molecule has 0 saturated carbocycles. The number of aromatic nitrogens is 3. The third kappa shape index (κ3) is 5.55. The van der Waals surface area contributed by atoms with Gasteiger partial charge >= 0.3 is 6.09 Å². The summed E-state index contributed by atoms with van der Waals surface area (Å²) in [6.07, 6.45) is 6.87. The van der Waals surface area contributed by atoms with Crippen molar-refractivity contribution in [2.45, 2.75) is 45.6 Å². The Morgan fingerprint density at radius 3 is 2.57 bits per heavy atom. The van der Waals surface area contributed by atoms with E-state index in [1.54, 1.807) is 22.0 Å². The minimum atomic E-state index is -0.491. The number of likely N-dealkylation sites (tertiary alicyclic amines) is 1. The summed E-state index contributed by atoms with van der Waals surface area (Å²) in [5.41, 5.74) is 0.168. The van der Waals surface area contributed by atoms with Crippen molar-refractivity contribution in [3.63, 3.8) is 0 Å². The normalized spacial score (nSPS) is 15.3. The molecule has 0 unspecified atom stereocenters. The van der Waals surface area contributed by atoms with Crippen LogP contribution in [0.15, 0.2) is 36.8 Å². The molecule has 2 aromatic rings. The molecule has 0 spiro atoms. The molecule has 28 heavy (non-hydrogen) atoms. The van der Waals surface area contributed by atoms with Crippen LogP contribution in [-0.2, 0) is 9.53 Å². The minimum Gasteiger partial charge on any atom is -0.444 e. The largest absolute Gasteiger partial charge is 0.444 e. The van der Waals surface area contributed by atoms with Gasteiger partial charge in [-0.3, -0.25) is 4.79 Å². The number of hydrogen-bond acceptors (Lipinski definition) is 5. The van der Waals surface area contributed by atoms with E-state index >= 15 is 0 Å². The Morgan fingerprint density at radius 2 is 2.00 bits per heavy atom. The van der Waals surface area contributed by atoms with E-state index in [4.69, 9.17) is 4.74 Å². The molecule has 2 aromatic heterocycles. The fraction of sp³-hybridized carbons (Fsp3) is 0.500. The fourth-order valence-corrected chi connectivity index (χ4v) is 3.12. The standard InChI is InChI=1S/C20H27N5O3/c1-20(2,3)28-19(27)24-11-7-15(8-12-24)13-18(26)23-16-5-6-17(21-14-16)25-10-4-9-22-25/h4-6,9-10,14-15H,7-8,11-13H2,1-3H3,(H,23,26). The number of ether oxygens (including phenoxy) is 1. The average molecular weight is 385 g/mol. The Kier molecular flexibility index (Phi) is 5.96. The predicted molar refractivity (Wildman–Crippen MR) is 105 cm³/mol. The molecule has 8 nitrogen and oxygen atoms in total. The van der Waals surface area contributed by atoms with Crippen LogP contribution in [0, 0.1) is 5.92 Å². The zero-order valence-corrected chi connectivity index (χ0v) is 16.6. The average Bonchev–Trinajstić information content (AvgIpc) is 3.16. The van der Waals surface area contributed by atoms with Crippen LogP contribution in [0.25, 0.3) is 5.82 Å². The molecule has 2 amide bonds. The lowest BCUT2D eigenvalue weighted by molar-refractivity contribution is -0.117. The first kappa shape index (κ1) is 19.9. The molecular formula is C20H27N5O3. The van der Waals surface area contributed by atoms with E-state index in [1.807, 2.05) is 45.2 Å². The Hall–Kier alpha value is -2.90. The lowest BCUT2D eigenvalue weighted by Crippen LogP contribution is -2.42. The molecule has 1 saturated heterocycles. The number of carbonyl (C=O) groups is 2. The van der Waals surface area contributed by atoms with E-state index in [2.05, 4.69) is 15.4 Å². The number of anilines is 1. The van der Waals surface area contributed by atoms with Crippen molar-refractivity contribution in [1.29, 1.82) is 0 Å². The van der Waals surface area contributed by atoms with E-state index in [1.165, 1.54) is 0 Å². The summed E-state index contributed by atoms with van der Waals surface area (Å²) in [7, 11) is 0. The number of nitrogens with one attached hydrogen (secondary N) is 1. The van der Waals surface area contributed by atoms with Gasteiger partial charge in [-0.15, -0.1) is 0 Å². The Bertz CT molecular complexity index is 788. The molecular weight excluding hydrogens is 358 g/mol. The summed E-state index contributed by atoms with van der Waals surface area (Å²) in [6.45, 7) is 6.81. The van der Waals surface area contributed by atoms with Gasteiger partial charge in [0.05, 0.1) is 11.9 Å². The predicted octanol–water partition coefficient (Wildman–Crippen LogP) is 3.24. The van der Waals surface area contributed by atoms with Crippen molar-refractivity contribution in [2.24, 2.45) is 5.92 Å². The van der Waals surface area contributed by atoms with Crippen LogP contribution in [0.3, 0.4) is 0 Å². The molecule has 150 valence electrons. The number of piperidine rings is 1. The van der Waals surface area contributed by atoms with E-state index in [-0.39, 0.29) is 17.9 Å². The number of hydrogen-bond donors (Lipinski definition) is 1. The van der Waals surface area contributed by atoms with Gasteiger partial charge in [-0.25, -0.2) is 14.5 Å². The Morgan fingerprint density at radius 1 is 1.25 bits per heavy atom. The first-order chi connectivity index (χ1) is 13.3. The van der Waals surface area contributed by atoms with Crippen LogP contribution < -0.4 is 5.32 Å². The Labute approximate surface area is 164 Å². The van der Waals surface area contributed by atoms with E-state index in [9.17, 15) is 9.59 Å². The molecule has 1 aliphatic heterocycles. The summed E-state index contributed by atoms with van der Waals surface area (Å²) < 4.78 is 7.06. The monoisotopic (exact) mass is 385 g/mol. The number of rotatable bonds is 4. The van der Waals surface area contributed by atoms with Gasteiger partial charge < -0.3 is 15.0 Å². The van der Waals surface area contributed by atoms with Gasteiger partial charge in [-0.1, -0.05) is 0 Å². The number of amides is 2. The smallest absolute Gasteiger partial charge is 0.410 e. The lowest BCUT2D eigenvalue weighted by atomic mass is 9.93. The van der Waals surface area contributed by atoms with Gasteiger partial charge in [0.15, 0.2) is 5.82 Å². The van der Waals surface area contributed by atoms with Crippen LogP contribution in [-0.4, -0.2) is 50.4 Å². The second-order valence-electron chi connectivity index (χ2n) is 8.02. The number of pyridine rings is 1. The molecule has 0 atom stereocenters. The maximum atomic E-state index is 12.3. The quantitative estimate of drug-likeness (QED) is 0.873. The molecule has 1 N–H and O–H groups in total. The summed E-state index contributed by atoms with van der Waals surface area (Å²) in [4.78, 5) is 30.5. The highest BCUT2D eigenvalue weighted by Gasteiger charge is 2.27. The van der Waals surface area contributed by atoms with Gasteiger partial charge in [0.2, 0.25) is 5.91 Å². The van der Waals surface area contributed by atoms with Gasteiger partial charge in [-0.2, -0.15) is 5.10 Å². The van der Waals surface area contributed by atoms with Crippen LogP contribution >= 0.6 is 0 Å². The maximum absolute atomic E-state index is 12.3. The number of carbonyl (C=O) groups excluding carboxylic acids is 2. The second-order valence-corrected chi connectivity index (χ2v) is 8.02. The van der Waals surface area contributed by atoms with Crippen LogP contribution in [0.5, 0.6) is 0 Å². The Balaban J connectivity index is 1.44. The lowest BCUT2D eigenvalue weighted by Gasteiger charge is -2.33. The number of nitrogens with zero attached hydrogens (tertiary/aromatic N) is 4. The third-order valence-electron chi connectivity index (χ3n) is 4.51. The molecule has 0 bridgehead atoms. The summed E-state index contributed by atoms with van der Waals surface area (Å²) in [6, 6.07) is 5.44. The highest BCUT2D eigenvalue weighted by Crippen LogP contribution is 2.23. The van der Waals surface area contributed by atoms with Crippen molar-refractivity contribution >= 4 is 17.7 Å². The molecule has 0 aromatic carbocycles. The van der Waals surface area contributed by atoms with Crippen molar-refractivity contribution in [3.8, 4) is 5.82 Å². The van der Waals surface area contributed by atoms with Crippen molar-refractivity contribution in [3.05, 3.63) is 36.8 Å². The second kappa shape index (κ2) is 8.41. The van der Waals surface area contributed by atoms with Gasteiger partial charge in [0, 0.05) is 31.9 Å². The molecule has 3 rings (SSSR count). The topological polar surface area (TPSA) is 89.4 Å². The molecule has 8 heteroatoms. The minimum absolute atomic E-state index is 0.0376. The fourth-order valence-electron chi connectivity index (χ4n) is 3.12. The van der Waals surface area contributed by atoms with Crippen LogP contribution in [0.1, 0.15) is 40.0 Å². The molecule has 0 radical (unpaired) electrons. The van der Waals surface area contributed by atoms with E-state index in [0.717, 1.165) is 12.8 Å². The van der Waals surface area contributed by atoms with Crippen molar-refractivity contribution in [2.75, 3.05) is 18.4 Å². The molecule has 1 fully saturated rings. The zero-order valence-electron chi connectivity index (χ0n) is 16.6. The molecule has 0 aliphatic carbocycles.